The van der Waals surface area contributed by atoms with Crippen molar-refractivity contribution in [1.29, 1.82) is 0 Å². The van der Waals surface area contributed by atoms with Gasteiger partial charge < -0.3 is 14.4 Å². The van der Waals surface area contributed by atoms with E-state index >= 15 is 0 Å². The van der Waals surface area contributed by atoms with Crippen LogP contribution >= 0.6 is 11.8 Å². The van der Waals surface area contributed by atoms with Crippen LogP contribution in [0.15, 0.2) is 72.0 Å². The largest absolute Gasteiger partial charge is 0.465 e. The molecule has 0 aliphatic carbocycles. The minimum absolute atomic E-state index is 0.0905. The van der Waals surface area contributed by atoms with Crippen LogP contribution in [-0.4, -0.2) is 32.5 Å². The molecule has 0 spiro atoms. The van der Waals surface area contributed by atoms with Crippen molar-refractivity contribution >= 4 is 17.7 Å². The zero-order valence-electron chi connectivity index (χ0n) is 18.8. The number of benzene rings is 2. The predicted molar refractivity (Wildman–Crippen MR) is 129 cm³/mol. The smallest absolute Gasteiger partial charge is 0.319 e. The number of aliphatic hydroxyl groups is 1. The van der Waals surface area contributed by atoms with Crippen LogP contribution in [0.25, 0.3) is 0 Å². The SMILES string of the molecule is CCC[C@H](Sc1ncc(CO)n1CCC(c1ccccc1)c1ccccc1)C(=O)OCC. The maximum Gasteiger partial charge on any atom is 0.319 e. The summed E-state index contributed by atoms with van der Waals surface area (Å²) in [6.45, 7) is 4.85. The molecule has 0 unspecified atom stereocenters. The molecule has 3 rings (SSSR count). The minimum atomic E-state index is -0.299. The Kier molecular flexibility index (Phi) is 9.38. The number of aromatic nitrogens is 2. The van der Waals surface area contributed by atoms with Gasteiger partial charge in [-0.1, -0.05) is 85.8 Å². The van der Waals surface area contributed by atoms with E-state index in [1.807, 2.05) is 23.6 Å². The zero-order valence-corrected chi connectivity index (χ0v) is 19.6. The summed E-state index contributed by atoms with van der Waals surface area (Å²) < 4.78 is 7.32. The average molecular weight is 453 g/mol. The normalized spacial score (nSPS) is 12.1. The van der Waals surface area contributed by atoms with Crippen molar-refractivity contribution in [2.75, 3.05) is 6.61 Å². The third-order valence-electron chi connectivity index (χ3n) is 5.46. The standard InChI is InChI=1S/C26H32N2O3S/c1-3-11-24(25(30)31-4-2)32-26-27-18-22(19-29)28(26)17-16-23(20-12-7-5-8-13-20)21-14-9-6-10-15-21/h5-10,12-15,18,23-24,29H,3-4,11,16-17,19H2,1-2H3/t24-/m0/s1. The molecule has 5 nitrogen and oxygen atoms in total. The fourth-order valence-electron chi connectivity index (χ4n) is 3.86. The van der Waals surface area contributed by atoms with Crippen LogP contribution in [0.5, 0.6) is 0 Å². The van der Waals surface area contributed by atoms with Gasteiger partial charge in [-0.05, 0) is 30.9 Å². The van der Waals surface area contributed by atoms with Crippen molar-refractivity contribution in [3.05, 3.63) is 83.7 Å². The maximum atomic E-state index is 12.4. The molecule has 1 heterocycles. The highest BCUT2D eigenvalue weighted by Crippen LogP contribution is 2.32. The lowest BCUT2D eigenvalue weighted by Gasteiger charge is -2.21. The number of hydrogen-bond donors (Lipinski definition) is 1. The second kappa shape index (κ2) is 12.5. The highest BCUT2D eigenvalue weighted by Gasteiger charge is 2.24. The third kappa shape index (κ3) is 6.24. The number of carbonyl (C=O) groups excluding carboxylic acids is 1. The van der Waals surface area contributed by atoms with Gasteiger partial charge in [0.15, 0.2) is 5.16 Å². The molecular weight excluding hydrogens is 420 g/mol. The van der Waals surface area contributed by atoms with E-state index in [-0.39, 0.29) is 23.7 Å². The van der Waals surface area contributed by atoms with E-state index in [4.69, 9.17) is 4.74 Å². The topological polar surface area (TPSA) is 64.4 Å². The van der Waals surface area contributed by atoms with Gasteiger partial charge in [0, 0.05) is 12.5 Å². The van der Waals surface area contributed by atoms with Crippen molar-refractivity contribution < 1.29 is 14.6 Å². The van der Waals surface area contributed by atoms with Gasteiger partial charge in [0.2, 0.25) is 0 Å². The molecule has 0 saturated heterocycles. The van der Waals surface area contributed by atoms with Crippen LogP contribution in [0, 0.1) is 0 Å². The Bertz CT molecular complexity index is 920. The first kappa shape index (κ1) is 24.1. The lowest BCUT2D eigenvalue weighted by atomic mass is 9.88. The molecule has 0 aliphatic heterocycles. The molecule has 170 valence electrons. The number of rotatable bonds is 12. The molecule has 0 fully saturated rings. The number of aliphatic hydroxyl groups excluding tert-OH is 1. The van der Waals surface area contributed by atoms with E-state index in [1.165, 1.54) is 22.9 Å². The fourth-order valence-corrected chi connectivity index (χ4v) is 5.08. The van der Waals surface area contributed by atoms with Gasteiger partial charge >= 0.3 is 5.97 Å². The van der Waals surface area contributed by atoms with Crippen LogP contribution < -0.4 is 0 Å². The molecule has 6 heteroatoms. The van der Waals surface area contributed by atoms with Gasteiger partial charge in [0.05, 0.1) is 25.1 Å². The van der Waals surface area contributed by atoms with Crippen LogP contribution in [0.1, 0.15) is 55.8 Å². The van der Waals surface area contributed by atoms with Crippen molar-refractivity contribution in [3.63, 3.8) is 0 Å². The first-order valence-electron chi connectivity index (χ1n) is 11.3. The number of thioether (sulfide) groups is 1. The Morgan fingerprint density at radius 3 is 2.19 bits per heavy atom. The monoisotopic (exact) mass is 452 g/mol. The first-order valence-corrected chi connectivity index (χ1v) is 12.1. The van der Waals surface area contributed by atoms with Crippen molar-refractivity contribution in [2.45, 2.75) is 62.6 Å². The number of esters is 1. The molecule has 1 aromatic heterocycles. The summed E-state index contributed by atoms with van der Waals surface area (Å²) in [7, 11) is 0. The highest BCUT2D eigenvalue weighted by atomic mass is 32.2. The molecule has 0 bridgehead atoms. The zero-order chi connectivity index (χ0) is 22.8. The first-order chi connectivity index (χ1) is 15.7. The van der Waals surface area contributed by atoms with E-state index < -0.39 is 0 Å². The van der Waals surface area contributed by atoms with Gasteiger partial charge in [-0.15, -0.1) is 0 Å². The van der Waals surface area contributed by atoms with Gasteiger partial charge in [-0.3, -0.25) is 4.79 Å². The Morgan fingerprint density at radius 1 is 1.03 bits per heavy atom. The molecule has 1 N–H and O–H groups in total. The van der Waals surface area contributed by atoms with E-state index in [9.17, 15) is 9.90 Å². The second-order valence-electron chi connectivity index (χ2n) is 7.65. The number of carbonyl (C=O) groups is 1. The third-order valence-corrected chi connectivity index (χ3v) is 6.71. The summed E-state index contributed by atoms with van der Waals surface area (Å²) in [6, 6.07) is 21.0. The van der Waals surface area contributed by atoms with E-state index in [1.54, 1.807) is 6.20 Å². The summed E-state index contributed by atoms with van der Waals surface area (Å²) in [5.41, 5.74) is 3.27. The number of imidazole rings is 1. The van der Waals surface area contributed by atoms with Crippen LogP contribution in [0.4, 0.5) is 0 Å². The van der Waals surface area contributed by atoms with E-state index in [0.717, 1.165) is 30.1 Å². The highest BCUT2D eigenvalue weighted by molar-refractivity contribution is 8.00. The summed E-state index contributed by atoms with van der Waals surface area (Å²) in [6.07, 6.45) is 4.16. The molecule has 1 atom stereocenters. The summed E-state index contributed by atoms with van der Waals surface area (Å²) in [5, 5.41) is 10.4. The summed E-state index contributed by atoms with van der Waals surface area (Å²) >= 11 is 1.43. The number of ether oxygens (including phenoxy) is 1. The molecule has 0 radical (unpaired) electrons. The van der Waals surface area contributed by atoms with Gasteiger partial charge in [-0.2, -0.15) is 0 Å². The van der Waals surface area contributed by atoms with Crippen LogP contribution in [0.3, 0.4) is 0 Å². The van der Waals surface area contributed by atoms with E-state index in [0.29, 0.717) is 13.2 Å². The molecule has 0 aliphatic rings. The number of nitrogens with zero attached hydrogens (tertiary/aromatic N) is 2. The van der Waals surface area contributed by atoms with Crippen molar-refractivity contribution in [1.82, 2.24) is 9.55 Å². The predicted octanol–water partition coefficient (Wildman–Crippen LogP) is 5.42. The quantitative estimate of drug-likeness (QED) is 0.294. The lowest BCUT2D eigenvalue weighted by molar-refractivity contribution is -0.142. The Hall–Kier alpha value is -2.57. The molecular formula is C26H32N2O3S. The van der Waals surface area contributed by atoms with Gasteiger partial charge in [-0.25, -0.2) is 4.98 Å². The maximum absolute atomic E-state index is 12.4. The Labute approximate surface area is 194 Å². The van der Waals surface area contributed by atoms with Gasteiger partial charge in [0.25, 0.3) is 0 Å². The molecule has 2 aromatic carbocycles. The van der Waals surface area contributed by atoms with E-state index in [2.05, 4.69) is 60.4 Å². The molecule has 0 amide bonds. The number of hydrogen-bond acceptors (Lipinski definition) is 5. The molecule has 32 heavy (non-hydrogen) atoms. The van der Waals surface area contributed by atoms with Crippen LogP contribution in [-0.2, 0) is 22.7 Å². The average Bonchev–Trinajstić information content (AvgIpc) is 3.22. The Balaban J connectivity index is 1.84. The summed E-state index contributed by atoms with van der Waals surface area (Å²) in [4.78, 5) is 17.0. The Morgan fingerprint density at radius 2 is 1.66 bits per heavy atom. The summed E-state index contributed by atoms with van der Waals surface area (Å²) in [5.74, 6) is 0.0200. The second-order valence-corrected chi connectivity index (χ2v) is 8.82. The minimum Gasteiger partial charge on any atom is -0.465 e. The molecule has 0 saturated carbocycles. The van der Waals surface area contributed by atoms with Gasteiger partial charge in [0.1, 0.15) is 5.25 Å². The molecule has 3 aromatic rings. The lowest BCUT2D eigenvalue weighted by Crippen LogP contribution is -2.21. The van der Waals surface area contributed by atoms with Crippen molar-refractivity contribution in [2.24, 2.45) is 0 Å². The van der Waals surface area contributed by atoms with Crippen LogP contribution in [0.2, 0.25) is 0 Å². The fraction of sp³-hybridized carbons (Fsp3) is 0.385. The van der Waals surface area contributed by atoms with Crippen molar-refractivity contribution in [3.8, 4) is 0 Å².